The van der Waals surface area contributed by atoms with Gasteiger partial charge in [0.15, 0.2) is 5.78 Å². The molecule has 0 aliphatic heterocycles. The molecule has 0 spiro atoms. The second-order valence-electron chi connectivity index (χ2n) is 4.84. The quantitative estimate of drug-likeness (QED) is 0.478. The van der Waals surface area contributed by atoms with Crippen LogP contribution in [0.1, 0.15) is 22.2 Å². The van der Waals surface area contributed by atoms with E-state index >= 15 is 0 Å². The molecule has 0 fully saturated rings. The Balaban J connectivity index is 1.75. The van der Waals surface area contributed by atoms with Crippen LogP contribution in [0, 0.1) is 0 Å². The summed E-state index contributed by atoms with van der Waals surface area (Å²) in [6.45, 7) is 2.56. The third kappa shape index (κ3) is 3.26. The first-order valence-electron chi connectivity index (χ1n) is 7.20. The molecule has 22 heavy (non-hydrogen) atoms. The summed E-state index contributed by atoms with van der Waals surface area (Å²) >= 11 is 1.68. The van der Waals surface area contributed by atoms with Crippen molar-refractivity contribution in [3.8, 4) is 5.75 Å². The topological polar surface area (TPSA) is 26.3 Å². The summed E-state index contributed by atoms with van der Waals surface area (Å²) in [6, 6.07) is 17.6. The van der Waals surface area contributed by atoms with Crippen LogP contribution in [0.3, 0.4) is 0 Å². The van der Waals surface area contributed by atoms with E-state index in [2.05, 4.69) is 18.2 Å². The average molecular weight is 308 g/mol. The molecule has 0 radical (unpaired) electrons. The van der Waals surface area contributed by atoms with Crippen molar-refractivity contribution in [3.05, 3.63) is 71.1 Å². The average Bonchev–Trinajstić information content (AvgIpc) is 2.96. The van der Waals surface area contributed by atoms with Gasteiger partial charge in [0.1, 0.15) is 5.75 Å². The number of rotatable bonds is 5. The van der Waals surface area contributed by atoms with Crippen LogP contribution in [-0.2, 0) is 0 Å². The predicted molar refractivity (Wildman–Crippen MR) is 92.8 cm³/mol. The van der Waals surface area contributed by atoms with Gasteiger partial charge in [-0.05, 0) is 60.9 Å². The van der Waals surface area contributed by atoms with Gasteiger partial charge >= 0.3 is 0 Å². The van der Waals surface area contributed by atoms with Gasteiger partial charge in [-0.15, -0.1) is 11.3 Å². The van der Waals surface area contributed by atoms with Crippen LogP contribution < -0.4 is 4.74 Å². The van der Waals surface area contributed by atoms with E-state index < -0.39 is 0 Å². The first kappa shape index (κ1) is 14.5. The van der Waals surface area contributed by atoms with Crippen molar-refractivity contribution in [1.29, 1.82) is 0 Å². The number of fused-ring (bicyclic) bond motifs is 1. The maximum atomic E-state index is 12.2. The van der Waals surface area contributed by atoms with Crippen LogP contribution in [0.2, 0.25) is 0 Å². The van der Waals surface area contributed by atoms with E-state index in [1.165, 1.54) is 10.1 Å². The molecule has 110 valence electrons. The normalized spacial score (nSPS) is 11.1. The number of carbonyl (C=O) groups excluding carboxylic acids is 1. The van der Waals surface area contributed by atoms with E-state index in [4.69, 9.17) is 4.74 Å². The Labute approximate surface area is 133 Å². The molecular weight excluding hydrogens is 292 g/mol. The Morgan fingerprint density at radius 2 is 1.91 bits per heavy atom. The van der Waals surface area contributed by atoms with Crippen LogP contribution in [0.15, 0.2) is 60.7 Å². The lowest BCUT2D eigenvalue weighted by molar-refractivity contribution is 0.104. The minimum Gasteiger partial charge on any atom is -0.494 e. The highest BCUT2D eigenvalue weighted by Gasteiger charge is 2.03. The maximum Gasteiger partial charge on any atom is 0.185 e. The number of carbonyl (C=O) groups is 1. The largest absolute Gasteiger partial charge is 0.494 e. The number of hydrogen-bond acceptors (Lipinski definition) is 3. The molecule has 3 aromatic rings. The van der Waals surface area contributed by atoms with Gasteiger partial charge in [-0.3, -0.25) is 4.79 Å². The van der Waals surface area contributed by atoms with E-state index in [1.807, 2.05) is 37.3 Å². The standard InChI is InChI=1S/C19H16O2S/c1-2-21-16-9-7-14(8-10-16)18(20)12-11-17-13-15-5-3-4-6-19(15)22-17/h3-13H,2H2,1H3. The molecule has 0 N–H and O–H groups in total. The van der Waals surface area contributed by atoms with E-state index in [0.717, 1.165) is 10.6 Å². The van der Waals surface area contributed by atoms with Crippen molar-refractivity contribution >= 4 is 33.3 Å². The van der Waals surface area contributed by atoms with Gasteiger partial charge in [0.25, 0.3) is 0 Å². The van der Waals surface area contributed by atoms with Gasteiger partial charge in [0.2, 0.25) is 0 Å². The molecule has 3 heteroatoms. The number of ketones is 1. The molecule has 0 saturated heterocycles. The summed E-state index contributed by atoms with van der Waals surface area (Å²) < 4.78 is 6.61. The zero-order valence-electron chi connectivity index (χ0n) is 12.3. The Bertz CT molecular complexity index is 780. The third-order valence-electron chi connectivity index (χ3n) is 3.29. The summed E-state index contributed by atoms with van der Waals surface area (Å²) in [5.74, 6) is 0.785. The molecule has 1 heterocycles. The van der Waals surface area contributed by atoms with Crippen molar-refractivity contribution in [2.24, 2.45) is 0 Å². The molecule has 1 aromatic heterocycles. The van der Waals surface area contributed by atoms with Crippen LogP contribution in [0.5, 0.6) is 5.75 Å². The summed E-state index contributed by atoms with van der Waals surface area (Å²) in [5, 5.41) is 1.21. The molecule has 0 saturated carbocycles. The summed E-state index contributed by atoms with van der Waals surface area (Å²) in [7, 11) is 0. The first-order chi connectivity index (χ1) is 10.8. The van der Waals surface area contributed by atoms with Gasteiger partial charge in [-0.1, -0.05) is 18.2 Å². The van der Waals surface area contributed by atoms with Crippen LogP contribution in [0.4, 0.5) is 0 Å². The molecule has 0 atom stereocenters. The zero-order valence-corrected chi connectivity index (χ0v) is 13.1. The fourth-order valence-corrected chi connectivity index (χ4v) is 3.19. The lowest BCUT2D eigenvalue weighted by Gasteiger charge is -2.02. The Hall–Kier alpha value is -2.39. The highest BCUT2D eigenvalue weighted by Crippen LogP contribution is 2.26. The maximum absolute atomic E-state index is 12.2. The van der Waals surface area contributed by atoms with Crippen molar-refractivity contribution < 1.29 is 9.53 Å². The molecule has 2 nitrogen and oxygen atoms in total. The van der Waals surface area contributed by atoms with Crippen molar-refractivity contribution in [2.45, 2.75) is 6.92 Å². The van der Waals surface area contributed by atoms with Crippen molar-refractivity contribution in [1.82, 2.24) is 0 Å². The highest BCUT2D eigenvalue weighted by atomic mass is 32.1. The van der Waals surface area contributed by atoms with E-state index in [0.29, 0.717) is 12.2 Å². The number of benzene rings is 2. The second-order valence-corrected chi connectivity index (χ2v) is 5.96. The second kappa shape index (κ2) is 6.58. The van der Waals surface area contributed by atoms with E-state index in [1.54, 1.807) is 29.5 Å². The van der Waals surface area contributed by atoms with Crippen LogP contribution in [0.25, 0.3) is 16.2 Å². The van der Waals surface area contributed by atoms with Crippen LogP contribution in [-0.4, -0.2) is 12.4 Å². The van der Waals surface area contributed by atoms with Crippen molar-refractivity contribution in [3.63, 3.8) is 0 Å². The van der Waals surface area contributed by atoms with Gasteiger partial charge in [0.05, 0.1) is 6.61 Å². The Morgan fingerprint density at radius 3 is 2.64 bits per heavy atom. The first-order valence-corrected chi connectivity index (χ1v) is 8.02. The highest BCUT2D eigenvalue weighted by molar-refractivity contribution is 7.19. The van der Waals surface area contributed by atoms with Gasteiger partial charge in [-0.25, -0.2) is 0 Å². The fourth-order valence-electron chi connectivity index (χ4n) is 2.22. The zero-order chi connectivity index (χ0) is 15.4. The number of hydrogen-bond donors (Lipinski definition) is 0. The predicted octanol–water partition coefficient (Wildman–Crippen LogP) is 5.20. The van der Waals surface area contributed by atoms with Gasteiger partial charge < -0.3 is 4.74 Å². The van der Waals surface area contributed by atoms with Crippen LogP contribution >= 0.6 is 11.3 Å². The van der Waals surface area contributed by atoms with Crippen molar-refractivity contribution in [2.75, 3.05) is 6.61 Å². The Morgan fingerprint density at radius 1 is 1.14 bits per heavy atom. The number of allylic oxidation sites excluding steroid dienone is 1. The SMILES string of the molecule is CCOc1ccc(C(=O)C=Cc2cc3ccccc3s2)cc1. The summed E-state index contributed by atoms with van der Waals surface area (Å²) in [5.41, 5.74) is 0.667. The molecule has 3 rings (SSSR count). The summed E-state index contributed by atoms with van der Waals surface area (Å²) in [4.78, 5) is 13.3. The molecule has 0 unspecified atom stereocenters. The molecule has 2 aromatic carbocycles. The molecule has 0 aliphatic carbocycles. The molecule has 0 bridgehead atoms. The van der Waals surface area contributed by atoms with E-state index in [9.17, 15) is 4.79 Å². The van der Waals surface area contributed by atoms with Gasteiger partial charge in [-0.2, -0.15) is 0 Å². The molecule has 0 aliphatic rings. The number of ether oxygens (including phenoxy) is 1. The minimum atomic E-state index is 0.000467. The summed E-state index contributed by atoms with van der Waals surface area (Å²) in [6.07, 6.45) is 3.50. The van der Waals surface area contributed by atoms with Gasteiger partial charge in [0, 0.05) is 15.1 Å². The minimum absolute atomic E-state index is 0.000467. The van der Waals surface area contributed by atoms with E-state index in [-0.39, 0.29) is 5.78 Å². The molecular formula is C19H16O2S. The smallest absolute Gasteiger partial charge is 0.185 e. The Kier molecular flexibility index (Phi) is 4.35. The molecule has 0 amide bonds. The third-order valence-corrected chi connectivity index (χ3v) is 4.37. The monoisotopic (exact) mass is 308 g/mol. The lowest BCUT2D eigenvalue weighted by atomic mass is 10.1. The lowest BCUT2D eigenvalue weighted by Crippen LogP contribution is -1.95. The number of thiophene rings is 1. The fraction of sp³-hybridized carbons (Fsp3) is 0.105.